The number of rotatable bonds is 4. The van der Waals surface area contributed by atoms with Crippen LogP contribution in [0.3, 0.4) is 0 Å². The second-order valence-corrected chi connectivity index (χ2v) is 5.83. The maximum absolute atomic E-state index is 13.3. The number of hydrogen-bond acceptors (Lipinski definition) is 4. The molecule has 0 saturated carbocycles. The highest BCUT2D eigenvalue weighted by molar-refractivity contribution is 7.19. The van der Waals surface area contributed by atoms with Crippen LogP contribution in [0.4, 0.5) is 4.39 Å². The van der Waals surface area contributed by atoms with Crippen molar-refractivity contribution in [1.82, 2.24) is 10.3 Å². The third-order valence-electron chi connectivity index (χ3n) is 3.38. The number of halogens is 1. The Morgan fingerprint density at radius 3 is 2.86 bits per heavy atom. The van der Waals surface area contributed by atoms with Crippen molar-refractivity contribution in [3.63, 3.8) is 0 Å². The summed E-state index contributed by atoms with van der Waals surface area (Å²) in [5.41, 5.74) is 1.02. The van der Waals surface area contributed by atoms with Crippen molar-refractivity contribution in [2.45, 2.75) is 6.04 Å². The molecule has 2 aromatic heterocycles. The Kier molecular flexibility index (Phi) is 3.86. The number of hydrogen-bond donors (Lipinski definition) is 1. The normalized spacial score (nSPS) is 12.5. The summed E-state index contributed by atoms with van der Waals surface area (Å²) >= 11 is 1.58. The van der Waals surface area contributed by atoms with E-state index in [9.17, 15) is 4.39 Å². The van der Waals surface area contributed by atoms with Crippen LogP contribution in [0.15, 0.2) is 42.7 Å². The zero-order chi connectivity index (χ0) is 14.8. The van der Waals surface area contributed by atoms with Crippen molar-refractivity contribution >= 4 is 21.4 Å². The van der Waals surface area contributed by atoms with Crippen LogP contribution in [0.5, 0.6) is 5.75 Å². The van der Waals surface area contributed by atoms with Gasteiger partial charge in [-0.2, -0.15) is 0 Å². The van der Waals surface area contributed by atoms with E-state index in [1.807, 2.05) is 19.3 Å². The second-order valence-electron chi connectivity index (χ2n) is 4.71. The topological polar surface area (TPSA) is 34.2 Å². The van der Waals surface area contributed by atoms with E-state index in [1.54, 1.807) is 36.8 Å². The molecule has 0 aliphatic rings. The van der Waals surface area contributed by atoms with E-state index in [0.717, 1.165) is 26.3 Å². The Labute approximate surface area is 126 Å². The first-order chi connectivity index (χ1) is 10.2. The number of thiophene rings is 1. The van der Waals surface area contributed by atoms with Gasteiger partial charge in [0, 0.05) is 15.8 Å². The Hall–Kier alpha value is -1.98. The second kappa shape index (κ2) is 5.79. The van der Waals surface area contributed by atoms with E-state index in [2.05, 4.69) is 16.4 Å². The molecule has 108 valence electrons. The summed E-state index contributed by atoms with van der Waals surface area (Å²) in [5, 5.41) is 4.33. The molecule has 1 atom stereocenters. The number of aromatic nitrogens is 1. The molecule has 1 aromatic carbocycles. The lowest BCUT2D eigenvalue weighted by Gasteiger charge is -2.15. The van der Waals surface area contributed by atoms with Crippen LogP contribution in [-0.2, 0) is 0 Å². The maximum Gasteiger partial charge on any atom is 0.137 e. The number of methoxy groups -OCH3 is 1. The average molecular weight is 302 g/mol. The molecular weight excluding hydrogens is 287 g/mol. The summed E-state index contributed by atoms with van der Waals surface area (Å²) in [6, 6.07) is 8.91. The lowest BCUT2D eigenvalue weighted by molar-refractivity contribution is 0.411. The van der Waals surface area contributed by atoms with Gasteiger partial charge in [0.2, 0.25) is 0 Å². The minimum Gasteiger partial charge on any atom is -0.495 e. The summed E-state index contributed by atoms with van der Waals surface area (Å²) in [6.07, 6.45) is 3.49. The number of ether oxygens (including phenoxy) is 1. The van der Waals surface area contributed by atoms with Crippen LogP contribution < -0.4 is 10.1 Å². The largest absolute Gasteiger partial charge is 0.495 e. The number of fused-ring (bicyclic) bond motifs is 1. The van der Waals surface area contributed by atoms with Gasteiger partial charge in [0.25, 0.3) is 0 Å². The van der Waals surface area contributed by atoms with Gasteiger partial charge in [-0.15, -0.1) is 11.3 Å². The van der Waals surface area contributed by atoms with Gasteiger partial charge in [0.15, 0.2) is 0 Å². The van der Waals surface area contributed by atoms with Crippen molar-refractivity contribution < 1.29 is 9.13 Å². The highest BCUT2D eigenvalue weighted by Crippen LogP contribution is 2.34. The summed E-state index contributed by atoms with van der Waals surface area (Å²) in [6.45, 7) is 0. The van der Waals surface area contributed by atoms with Gasteiger partial charge >= 0.3 is 0 Å². The van der Waals surface area contributed by atoms with E-state index in [0.29, 0.717) is 0 Å². The first-order valence-corrected chi connectivity index (χ1v) is 7.38. The summed E-state index contributed by atoms with van der Waals surface area (Å²) in [7, 11) is 3.52. The van der Waals surface area contributed by atoms with Crippen molar-refractivity contribution in [3.8, 4) is 5.75 Å². The predicted molar refractivity (Wildman–Crippen MR) is 83.5 cm³/mol. The fourth-order valence-corrected chi connectivity index (χ4v) is 3.57. The summed E-state index contributed by atoms with van der Waals surface area (Å²) in [4.78, 5) is 5.32. The van der Waals surface area contributed by atoms with Gasteiger partial charge in [0.1, 0.15) is 11.6 Å². The molecule has 0 bridgehead atoms. The van der Waals surface area contributed by atoms with Gasteiger partial charge < -0.3 is 10.1 Å². The summed E-state index contributed by atoms with van der Waals surface area (Å²) in [5.74, 6) is 0.514. The van der Waals surface area contributed by atoms with Gasteiger partial charge in [0.05, 0.1) is 19.3 Å². The van der Waals surface area contributed by atoms with Crippen LogP contribution in [0, 0.1) is 5.82 Å². The Bertz CT molecular complexity index is 772. The molecule has 0 fully saturated rings. The SMILES string of the molecule is CNC(c1cncc(OC)c1)c1cc2ccc(F)cc2s1. The smallest absolute Gasteiger partial charge is 0.137 e. The fourth-order valence-electron chi connectivity index (χ4n) is 2.35. The maximum atomic E-state index is 13.3. The van der Waals surface area contributed by atoms with Crippen LogP contribution in [0.1, 0.15) is 16.5 Å². The van der Waals surface area contributed by atoms with E-state index >= 15 is 0 Å². The molecule has 3 rings (SSSR count). The third-order valence-corrected chi connectivity index (χ3v) is 4.54. The number of benzene rings is 1. The standard InChI is InChI=1S/C16H15FN2OS/c1-18-16(11-5-13(20-2)9-19-8-11)15-6-10-3-4-12(17)7-14(10)21-15/h3-9,16,18H,1-2H3. The molecule has 0 aliphatic carbocycles. The molecule has 0 radical (unpaired) electrons. The molecular formula is C16H15FN2OS. The van der Waals surface area contributed by atoms with Crippen LogP contribution >= 0.6 is 11.3 Å². The molecule has 0 saturated heterocycles. The lowest BCUT2D eigenvalue weighted by Crippen LogP contribution is -2.16. The molecule has 3 aromatic rings. The zero-order valence-corrected chi connectivity index (χ0v) is 12.6. The molecule has 2 heterocycles. The van der Waals surface area contributed by atoms with Crippen LogP contribution in [0.2, 0.25) is 0 Å². The highest BCUT2D eigenvalue weighted by Gasteiger charge is 2.16. The van der Waals surface area contributed by atoms with E-state index in [1.165, 1.54) is 6.07 Å². The molecule has 21 heavy (non-hydrogen) atoms. The highest BCUT2D eigenvalue weighted by atomic mass is 32.1. The first kappa shape index (κ1) is 14.0. The Balaban J connectivity index is 2.04. The number of nitrogens with one attached hydrogen (secondary N) is 1. The lowest BCUT2D eigenvalue weighted by atomic mass is 10.1. The number of nitrogens with zero attached hydrogens (tertiary/aromatic N) is 1. The predicted octanol–water partition coefficient (Wildman–Crippen LogP) is 3.75. The monoisotopic (exact) mass is 302 g/mol. The number of pyridine rings is 1. The molecule has 1 N–H and O–H groups in total. The Morgan fingerprint density at radius 2 is 2.10 bits per heavy atom. The minimum atomic E-state index is -0.208. The van der Waals surface area contributed by atoms with Crippen molar-refractivity contribution in [2.75, 3.05) is 14.2 Å². The van der Waals surface area contributed by atoms with Crippen molar-refractivity contribution in [3.05, 3.63) is 59.0 Å². The fraction of sp³-hybridized carbons (Fsp3) is 0.188. The first-order valence-electron chi connectivity index (χ1n) is 6.56. The summed E-state index contributed by atoms with van der Waals surface area (Å²) < 4.78 is 19.5. The quantitative estimate of drug-likeness (QED) is 0.797. The van der Waals surface area contributed by atoms with Crippen LogP contribution in [0.25, 0.3) is 10.1 Å². The van der Waals surface area contributed by atoms with Crippen LogP contribution in [-0.4, -0.2) is 19.1 Å². The average Bonchev–Trinajstić information content (AvgIpc) is 2.91. The van der Waals surface area contributed by atoms with Gasteiger partial charge in [-0.3, -0.25) is 4.98 Å². The van der Waals surface area contributed by atoms with E-state index in [-0.39, 0.29) is 11.9 Å². The van der Waals surface area contributed by atoms with E-state index in [4.69, 9.17) is 4.74 Å². The van der Waals surface area contributed by atoms with E-state index < -0.39 is 0 Å². The van der Waals surface area contributed by atoms with Crippen molar-refractivity contribution in [2.24, 2.45) is 0 Å². The minimum absolute atomic E-state index is 0.00746. The molecule has 0 amide bonds. The van der Waals surface area contributed by atoms with Gasteiger partial charge in [-0.1, -0.05) is 6.07 Å². The third kappa shape index (κ3) is 2.75. The zero-order valence-electron chi connectivity index (χ0n) is 11.8. The molecule has 0 spiro atoms. The van der Waals surface area contributed by atoms with Crippen molar-refractivity contribution in [1.29, 1.82) is 0 Å². The molecule has 1 unspecified atom stereocenters. The van der Waals surface area contributed by atoms with Gasteiger partial charge in [-0.25, -0.2) is 4.39 Å². The molecule has 0 aliphatic heterocycles. The van der Waals surface area contributed by atoms with Gasteiger partial charge in [-0.05, 0) is 42.3 Å². The molecule has 3 nitrogen and oxygen atoms in total. The Morgan fingerprint density at radius 1 is 1.24 bits per heavy atom. The molecule has 5 heteroatoms.